The first-order chi connectivity index (χ1) is 9.20. The predicted molar refractivity (Wildman–Crippen MR) is 70.3 cm³/mol. The van der Waals surface area contributed by atoms with Crippen LogP contribution in [0.3, 0.4) is 0 Å². The molecule has 0 unspecified atom stereocenters. The first-order valence-corrected chi connectivity index (χ1v) is 6.47. The first kappa shape index (κ1) is 13.5. The van der Waals surface area contributed by atoms with E-state index in [2.05, 4.69) is 17.4 Å². The van der Waals surface area contributed by atoms with Crippen LogP contribution >= 0.6 is 0 Å². The maximum atomic E-state index is 12.8. The van der Waals surface area contributed by atoms with Crippen LogP contribution in [0, 0.1) is 5.82 Å². The Balaban J connectivity index is 1.88. The zero-order valence-corrected chi connectivity index (χ0v) is 10.9. The molecular formula is C14H17FN2O2. The molecule has 1 aliphatic heterocycles. The minimum Gasteiger partial charge on any atom is -0.382 e. The van der Waals surface area contributed by atoms with Crippen molar-refractivity contribution in [1.29, 1.82) is 0 Å². The van der Waals surface area contributed by atoms with E-state index in [1.165, 1.54) is 12.1 Å². The normalized spacial score (nSPS) is 17.8. The topological polar surface area (TPSA) is 50.7 Å². The number of hydrogen-bond donors (Lipinski definition) is 1. The molecule has 0 aliphatic carbocycles. The molecule has 1 aromatic carbocycles. The van der Waals surface area contributed by atoms with Crippen LogP contribution in [0.2, 0.25) is 0 Å². The Hall–Kier alpha value is -1.91. The van der Waals surface area contributed by atoms with Crippen LogP contribution < -0.4 is 5.32 Å². The molecule has 19 heavy (non-hydrogen) atoms. The summed E-state index contributed by atoms with van der Waals surface area (Å²) in [5.74, 6) is -0.438. The molecule has 1 amide bonds. The average Bonchev–Trinajstić information content (AvgIpc) is 2.89. The van der Waals surface area contributed by atoms with Gasteiger partial charge < -0.3 is 10.2 Å². The van der Waals surface area contributed by atoms with Crippen molar-refractivity contribution in [1.82, 2.24) is 5.32 Å². The number of unbranched alkanes of at least 4 members (excludes halogenated alkanes) is 1. The standard InChI is InChI=1S/C14H17FN2O2/c1-2-3-8-16-14(18)13-9-12(17-19-13)10-4-6-11(15)7-5-10/h4-7,13H,2-3,8-9H2,1H3,(H,16,18)/t13-/m0/s1. The lowest BCUT2D eigenvalue weighted by atomic mass is 10.0. The van der Waals surface area contributed by atoms with Crippen LogP contribution in [-0.4, -0.2) is 24.3 Å². The second-order valence-electron chi connectivity index (χ2n) is 4.49. The summed E-state index contributed by atoms with van der Waals surface area (Å²) in [4.78, 5) is 16.9. The number of carbonyl (C=O) groups is 1. The number of benzene rings is 1. The Kier molecular flexibility index (Phi) is 4.49. The summed E-state index contributed by atoms with van der Waals surface area (Å²) in [5, 5.41) is 6.71. The highest BCUT2D eigenvalue weighted by Crippen LogP contribution is 2.17. The lowest BCUT2D eigenvalue weighted by Crippen LogP contribution is -2.35. The number of carbonyl (C=O) groups excluding carboxylic acids is 1. The van der Waals surface area contributed by atoms with E-state index in [-0.39, 0.29) is 11.7 Å². The number of halogens is 1. The second-order valence-corrected chi connectivity index (χ2v) is 4.49. The van der Waals surface area contributed by atoms with Crippen molar-refractivity contribution >= 4 is 11.6 Å². The molecule has 0 aromatic heterocycles. The van der Waals surface area contributed by atoms with Gasteiger partial charge in [0, 0.05) is 13.0 Å². The molecule has 1 aromatic rings. The lowest BCUT2D eigenvalue weighted by molar-refractivity contribution is -0.131. The highest BCUT2D eigenvalue weighted by molar-refractivity contribution is 6.04. The summed E-state index contributed by atoms with van der Waals surface area (Å²) < 4.78 is 12.8. The fourth-order valence-corrected chi connectivity index (χ4v) is 1.83. The number of amides is 1. The molecule has 4 nitrogen and oxygen atoms in total. The van der Waals surface area contributed by atoms with Crippen molar-refractivity contribution in [2.24, 2.45) is 5.16 Å². The molecule has 0 saturated carbocycles. The Morgan fingerprint density at radius 1 is 1.47 bits per heavy atom. The number of nitrogens with one attached hydrogen (secondary N) is 1. The summed E-state index contributed by atoms with van der Waals surface area (Å²) in [6.45, 7) is 2.72. The van der Waals surface area contributed by atoms with Gasteiger partial charge in [0.05, 0.1) is 5.71 Å². The third-order valence-electron chi connectivity index (χ3n) is 2.97. The van der Waals surface area contributed by atoms with Gasteiger partial charge in [0.15, 0.2) is 0 Å². The zero-order valence-electron chi connectivity index (χ0n) is 10.9. The number of hydrogen-bond acceptors (Lipinski definition) is 3. The van der Waals surface area contributed by atoms with Gasteiger partial charge in [-0.1, -0.05) is 30.6 Å². The van der Waals surface area contributed by atoms with E-state index >= 15 is 0 Å². The summed E-state index contributed by atoms with van der Waals surface area (Å²) in [5.41, 5.74) is 1.46. The van der Waals surface area contributed by atoms with Crippen LogP contribution in [-0.2, 0) is 9.63 Å². The lowest BCUT2D eigenvalue weighted by Gasteiger charge is -2.08. The van der Waals surface area contributed by atoms with Gasteiger partial charge >= 0.3 is 0 Å². The van der Waals surface area contributed by atoms with Crippen molar-refractivity contribution in [2.45, 2.75) is 32.3 Å². The molecule has 0 fully saturated rings. The van der Waals surface area contributed by atoms with E-state index in [0.717, 1.165) is 18.4 Å². The number of oxime groups is 1. The van der Waals surface area contributed by atoms with Crippen LogP contribution in [0.1, 0.15) is 31.7 Å². The van der Waals surface area contributed by atoms with Crippen LogP contribution in [0.5, 0.6) is 0 Å². The fourth-order valence-electron chi connectivity index (χ4n) is 1.83. The van der Waals surface area contributed by atoms with Gasteiger partial charge in [-0.2, -0.15) is 0 Å². The number of rotatable bonds is 5. The van der Waals surface area contributed by atoms with Gasteiger partial charge in [0.25, 0.3) is 5.91 Å². The summed E-state index contributed by atoms with van der Waals surface area (Å²) in [6.07, 6.45) is 1.83. The Labute approximate surface area is 111 Å². The third-order valence-corrected chi connectivity index (χ3v) is 2.97. The molecule has 5 heteroatoms. The Bertz CT molecular complexity index is 471. The molecule has 1 heterocycles. The molecule has 0 radical (unpaired) electrons. The van der Waals surface area contributed by atoms with E-state index in [1.807, 2.05) is 0 Å². The van der Waals surface area contributed by atoms with Crippen molar-refractivity contribution in [3.63, 3.8) is 0 Å². The van der Waals surface area contributed by atoms with Gasteiger partial charge in [-0.15, -0.1) is 0 Å². The highest BCUT2D eigenvalue weighted by Gasteiger charge is 2.28. The molecule has 102 valence electrons. The maximum absolute atomic E-state index is 12.8. The van der Waals surface area contributed by atoms with E-state index in [1.54, 1.807) is 12.1 Å². The molecule has 0 spiro atoms. The average molecular weight is 264 g/mol. The van der Waals surface area contributed by atoms with Gasteiger partial charge in [0.2, 0.25) is 6.10 Å². The number of nitrogens with zero attached hydrogens (tertiary/aromatic N) is 1. The SMILES string of the molecule is CCCCNC(=O)[C@@H]1CC(c2ccc(F)cc2)=NO1. The molecule has 1 aliphatic rings. The third kappa shape index (κ3) is 3.53. The van der Waals surface area contributed by atoms with Crippen LogP contribution in [0.25, 0.3) is 0 Å². The van der Waals surface area contributed by atoms with Crippen molar-refractivity contribution < 1.29 is 14.0 Å². The minimum atomic E-state index is -0.572. The quantitative estimate of drug-likeness (QED) is 0.829. The molecule has 2 rings (SSSR count). The van der Waals surface area contributed by atoms with Crippen molar-refractivity contribution in [2.75, 3.05) is 6.54 Å². The van der Waals surface area contributed by atoms with E-state index in [9.17, 15) is 9.18 Å². The van der Waals surface area contributed by atoms with Gasteiger partial charge in [-0.05, 0) is 24.1 Å². The van der Waals surface area contributed by atoms with Crippen LogP contribution in [0.4, 0.5) is 4.39 Å². The summed E-state index contributed by atoms with van der Waals surface area (Å²) >= 11 is 0. The zero-order chi connectivity index (χ0) is 13.7. The van der Waals surface area contributed by atoms with E-state index in [4.69, 9.17) is 4.84 Å². The molecule has 1 N–H and O–H groups in total. The predicted octanol–water partition coefficient (Wildman–Crippen LogP) is 2.24. The largest absolute Gasteiger partial charge is 0.382 e. The fraction of sp³-hybridized carbons (Fsp3) is 0.429. The molecule has 0 saturated heterocycles. The smallest absolute Gasteiger partial charge is 0.264 e. The van der Waals surface area contributed by atoms with Gasteiger partial charge in [-0.3, -0.25) is 4.79 Å². The Morgan fingerprint density at radius 3 is 2.89 bits per heavy atom. The summed E-state index contributed by atoms with van der Waals surface area (Å²) in [6, 6.07) is 6.00. The highest BCUT2D eigenvalue weighted by atomic mass is 19.1. The maximum Gasteiger partial charge on any atom is 0.264 e. The Morgan fingerprint density at radius 2 is 2.21 bits per heavy atom. The van der Waals surface area contributed by atoms with Crippen LogP contribution in [0.15, 0.2) is 29.4 Å². The minimum absolute atomic E-state index is 0.144. The molecular weight excluding hydrogens is 247 g/mol. The van der Waals surface area contributed by atoms with Gasteiger partial charge in [-0.25, -0.2) is 4.39 Å². The van der Waals surface area contributed by atoms with Crippen molar-refractivity contribution in [3.05, 3.63) is 35.6 Å². The van der Waals surface area contributed by atoms with Crippen molar-refractivity contribution in [3.8, 4) is 0 Å². The molecule has 0 bridgehead atoms. The second kappa shape index (κ2) is 6.31. The van der Waals surface area contributed by atoms with E-state index < -0.39 is 6.10 Å². The monoisotopic (exact) mass is 264 g/mol. The summed E-state index contributed by atoms with van der Waals surface area (Å²) in [7, 11) is 0. The first-order valence-electron chi connectivity index (χ1n) is 6.47. The van der Waals surface area contributed by atoms with E-state index in [0.29, 0.717) is 18.7 Å². The molecule has 1 atom stereocenters. The van der Waals surface area contributed by atoms with Gasteiger partial charge in [0.1, 0.15) is 5.82 Å².